The average Bonchev–Trinajstić information content (AvgIpc) is 2.64. The Morgan fingerprint density at radius 1 is 1.16 bits per heavy atom. The molecule has 1 aliphatic rings. The predicted octanol–water partition coefficient (Wildman–Crippen LogP) is 2.81. The molecule has 0 unspecified atom stereocenters. The number of amides is 2. The molecular weight excluding hydrogens is 323 g/mol. The smallest absolute Gasteiger partial charge is 0.315 e. The molecule has 1 heterocycles. The largest absolute Gasteiger partial charge is 0.473 e. The van der Waals surface area contributed by atoms with E-state index in [1.165, 1.54) is 12.1 Å². The third-order valence-corrected chi connectivity index (χ3v) is 4.20. The van der Waals surface area contributed by atoms with Gasteiger partial charge in [0.2, 0.25) is 5.88 Å². The number of hydrogen-bond donors (Lipinski definition) is 2. The van der Waals surface area contributed by atoms with Crippen LogP contribution < -0.4 is 15.4 Å². The number of rotatable bonds is 5. The molecule has 6 nitrogen and oxygen atoms in total. The van der Waals surface area contributed by atoms with Crippen LogP contribution >= 0.6 is 0 Å². The van der Waals surface area contributed by atoms with Gasteiger partial charge in [0.25, 0.3) is 0 Å². The molecule has 2 aromatic rings. The lowest BCUT2D eigenvalue weighted by Gasteiger charge is -2.29. The number of hydrogen-bond acceptors (Lipinski definition) is 4. The number of urea groups is 1. The van der Waals surface area contributed by atoms with Gasteiger partial charge in [0.15, 0.2) is 0 Å². The fourth-order valence-corrected chi connectivity index (χ4v) is 2.86. The molecular formula is C18H21FN4O2. The van der Waals surface area contributed by atoms with Gasteiger partial charge in [0.05, 0.1) is 6.20 Å². The van der Waals surface area contributed by atoms with E-state index >= 15 is 0 Å². The highest BCUT2D eigenvalue weighted by Crippen LogP contribution is 2.22. The van der Waals surface area contributed by atoms with Crippen LogP contribution in [0.3, 0.4) is 0 Å². The Kier molecular flexibility index (Phi) is 5.77. The minimum atomic E-state index is -0.284. The van der Waals surface area contributed by atoms with E-state index in [1.54, 1.807) is 30.7 Å². The fourth-order valence-electron chi connectivity index (χ4n) is 2.86. The molecule has 2 N–H and O–H groups in total. The molecule has 1 fully saturated rings. The Hall–Kier alpha value is -2.70. The van der Waals surface area contributed by atoms with E-state index in [0.717, 1.165) is 31.2 Å². The highest BCUT2D eigenvalue weighted by molar-refractivity contribution is 5.74. The quantitative estimate of drug-likeness (QED) is 0.874. The van der Waals surface area contributed by atoms with Crippen molar-refractivity contribution in [3.05, 3.63) is 54.2 Å². The number of benzene rings is 1. The third-order valence-electron chi connectivity index (χ3n) is 4.20. The molecule has 3 rings (SSSR count). The summed E-state index contributed by atoms with van der Waals surface area (Å²) in [6, 6.07) is 6.01. The summed E-state index contributed by atoms with van der Waals surface area (Å²) in [4.78, 5) is 20.1. The van der Waals surface area contributed by atoms with Gasteiger partial charge in [0, 0.05) is 25.0 Å². The Labute approximate surface area is 145 Å². The van der Waals surface area contributed by atoms with Gasteiger partial charge in [-0.25, -0.2) is 14.2 Å². The number of nitrogens with zero attached hydrogens (tertiary/aromatic N) is 2. The van der Waals surface area contributed by atoms with Gasteiger partial charge < -0.3 is 15.4 Å². The van der Waals surface area contributed by atoms with Crippen molar-refractivity contribution < 1.29 is 13.9 Å². The number of ether oxygens (including phenoxy) is 1. The van der Waals surface area contributed by atoms with Crippen LogP contribution in [0.25, 0.3) is 0 Å². The van der Waals surface area contributed by atoms with Crippen molar-refractivity contribution in [1.29, 1.82) is 0 Å². The lowest BCUT2D eigenvalue weighted by Crippen LogP contribution is -2.44. The second kappa shape index (κ2) is 8.41. The first-order chi connectivity index (χ1) is 12.2. The summed E-state index contributed by atoms with van der Waals surface area (Å²) < 4.78 is 18.6. The number of nitrogens with one attached hydrogen (secondary N) is 2. The molecule has 0 aliphatic heterocycles. The highest BCUT2D eigenvalue weighted by atomic mass is 19.1. The summed E-state index contributed by atoms with van der Waals surface area (Å²) >= 11 is 0. The molecule has 0 bridgehead atoms. The van der Waals surface area contributed by atoms with E-state index in [2.05, 4.69) is 20.6 Å². The van der Waals surface area contributed by atoms with Crippen molar-refractivity contribution in [3.63, 3.8) is 0 Å². The van der Waals surface area contributed by atoms with Crippen molar-refractivity contribution in [2.75, 3.05) is 0 Å². The molecule has 1 aromatic carbocycles. The standard InChI is InChI=1S/C18H21FN4O2/c19-14-3-1-13(2-4-14)11-22-18(24)23-15-5-7-16(8-6-15)25-17-12-20-9-10-21-17/h1-4,9-10,12,15-16H,5-8,11H2,(H2,22,23,24). The first-order valence-corrected chi connectivity index (χ1v) is 8.40. The zero-order valence-electron chi connectivity index (χ0n) is 13.8. The zero-order valence-corrected chi connectivity index (χ0v) is 13.8. The van der Waals surface area contributed by atoms with E-state index in [0.29, 0.717) is 12.4 Å². The molecule has 0 saturated heterocycles. The molecule has 0 spiro atoms. The second-order valence-electron chi connectivity index (χ2n) is 6.09. The normalized spacial score (nSPS) is 19.9. The summed E-state index contributed by atoms with van der Waals surface area (Å²) in [5.41, 5.74) is 0.859. The van der Waals surface area contributed by atoms with E-state index in [9.17, 15) is 9.18 Å². The Morgan fingerprint density at radius 3 is 2.60 bits per heavy atom. The summed E-state index contributed by atoms with van der Waals surface area (Å²) in [7, 11) is 0. The van der Waals surface area contributed by atoms with E-state index in [4.69, 9.17) is 4.74 Å². The summed E-state index contributed by atoms with van der Waals surface area (Å²) in [5, 5.41) is 5.77. The van der Waals surface area contributed by atoms with E-state index < -0.39 is 0 Å². The zero-order chi connectivity index (χ0) is 17.5. The second-order valence-corrected chi connectivity index (χ2v) is 6.09. The van der Waals surface area contributed by atoms with Crippen LogP contribution in [0.4, 0.5) is 9.18 Å². The lowest BCUT2D eigenvalue weighted by atomic mass is 9.93. The minimum absolute atomic E-state index is 0.108. The van der Waals surface area contributed by atoms with Crippen LogP contribution in [0.5, 0.6) is 5.88 Å². The maximum atomic E-state index is 12.8. The Bertz CT molecular complexity index is 673. The maximum absolute atomic E-state index is 12.8. The van der Waals surface area contributed by atoms with Gasteiger partial charge in [-0.15, -0.1) is 0 Å². The van der Waals surface area contributed by atoms with Crippen LogP contribution in [0.1, 0.15) is 31.2 Å². The van der Waals surface area contributed by atoms with E-state index in [-0.39, 0.29) is 24.0 Å². The van der Waals surface area contributed by atoms with Gasteiger partial charge in [-0.05, 0) is 43.4 Å². The number of carbonyl (C=O) groups excluding carboxylic acids is 1. The number of halogens is 1. The average molecular weight is 344 g/mol. The molecule has 0 radical (unpaired) electrons. The third kappa shape index (κ3) is 5.41. The van der Waals surface area contributed by atoms with Crippen molar-refractivity contribution in [2.45, 2.75) is 44.4 Å². The van der Waals surface area contributed by atoms with Crippen LogP contribution in [0, 0.1) is 5.82 Å². The fraction of sp³-hybridized carbons (Fsp3) is 0.389. The van der Waals surface area contributed by atoms with E-state index in [1.807, 2.05) is 0 Å². The highest BCUT2D eigenvalue weighted by Gasteiger charge is 2.23. The van der Waals surface area contributed by atoms with Crippen molar-refractivity contribution in [3.8, 4) is 5.88 Å². The van der Waals surface area contributed by atoms with Crippen molar-refractivity contribution in [2.24, 2.45) is 0 Å². The molecule has 0 atom stereocenters. The summed E-state index contributed by atoms with van der Waals surface area (Å²) in [6.07, 6.45) is 8.36. The lowest BCUT2D eigenvalue weighted by molar-refractivity contribution is 0.134. The summed E-state index contributed by atoms with van der Waals surface area (Å²) in [6.45, 7) is 0.372. The van der Waals surface area contributed by atoms with Gasteiger partial charge in [-0.1, -0.05) is 12.1 Å². The Morgan fingerprint density at radius 2 is 1.92 bits per heavy atom. The summed E-state index contributed by atoms with van der Waals surface area (Å²) in [5.74, 6) is 0.254. The van der Waals surface area contributed by atoms with Crippen LogP contribution in [-0.2, 0) is 6.54 Å². The molecule has 1 aromatic heterocycles. The molecule has 132 valence electrons. The maximum Gasteiger partial charge on any atom is 0.315 e. The number of aromatic nitrogens is 2. The predicted molar refractivity (Wildman–Crippen MR) is 90.5 cm³/mol. The molecule has 1 saturated carbocycles. The topological polar surface area (TPSA) is 76.1 Å². The monoisotopic (exact) mass is 344 g/mol. The first-order valence-electron chi connectivity index (χ1n) is 8.40. The van der Waals surface area contributed by atoms with Crippen LogP contribution in [0.2, 0.25) is 0 Å². The Balaban J connectivity index is 1.36. The van der Waals surface area contributed by atoms with Gasteiger partial charge in [-0.3, -0.25) is 4.98 Å². The molecule has 7 heteroatoms. The van der Waals surface area contributed by atoms with Gasteiger partial charge in [0.1, 0.15) is 11.9 Å². The van der Waals surface area contributed by atoms with Crippen molar-refractivity contribution in [1.82, 2.24) is 20.6 Å². The first kappa shape index (κ1) is 17.1. The van der Waals surface area contributed by atoms with Crippen LogP contribution in [-0.4, -0.2) is 28.1 Å². The molecule has 1 aliphatic carbocycles. The van der Waals surface area contributed by atoms with Gasteiger partial charge in [-0.2, -0.15) is 0 Å². The molecule has 25 heavy (non-hydrogen) atoms. The van der Waals surface area contributed by atoms with Gasteiger partial charge >= 0.3 is 6.03 Å². The van der Waals surface area contributed by atoms with Crippen molar-refractivity contribution >= 4 is 6.03 Å². The van der Waals surface area contributed by atoms with Crippen LogP contribution in [0.15, 0.2) is 42.9 Å². The SMILES string of the molecule is O=C(NCc1ccc(F)cc1)NC1CCC(Oc2cnccn2)CC1. The minimum Gasteiger partial charge on any atom is -0.473 e. The molecule has 2 amide bonds. The number of carbonyl (C=O) groups is 1.